The van der Waals surface area contributed by atoms with Crippen LogP contribution in [0.25, 0.3) is 10.9 Å². The molecule has 0 atom stereocenters. The summed E-state index contributed by atoms with van der Waals surface area (Å²) in [6.45, 7) is 2.53. The Labute approximate surface area is 172 Å². The summed E-state index contributed by atoms with van der Waals surface area (Å²) in [7, 11) is 0. The van der Waals surface area contributed by atoms with E-state index in [0.717, 1.165) is 30.7 Å². The fourth-order valence-corrected chi connectivity index (χ4v) is 3.82. The molecule has 7 nitrogen and oxygen atoms in total. The van der Waals surface area contributed by atoms with Crippen molar-refractivity contribution in [2.45, 2.75) is 43.6 Å². The summed E-state index contributed by atoms with van der Waals surface area (Å²) < 4.78 is 7.03. The van der Waals surface area contributed by atoms with Crippen LogP contribution in [-0.4, -0.2) is 24.7 Å². The normalized spacial score (nSPS) is 11.2. The molecule has 0 unspecified atom stereocenters. The third kappa shape index (κ3) is 4.54. The van der Waals surface area contributed by atoms with Crippen molar-refractivity contribution in [3.05, 3.63) is 76.4 Å². The van der Waals surface area contributed by atoms with Gasteiger partial charge in [-0.2, -0.15) is 4.98 Å². The van der Waals surface area contributed by atoms with Crippen molar-refractivity contribution < 1.29 is 4.52 Å². The molecule has 0 spiro atoms. The minimum atomic E-state index is -0.0730. The fourth-order valence-electron chi connectivity index (χ4n) is 2.98. The SMILES string of the molecule is CCCCc1noc(CSc2nc3ccccc3c(=O)n2Cc2cccnc2)n1. The van der Waals surface area contributed by atoms with Crippen LogP contribution in [-0.2, 0) is 18.7 Å². The molecule has 0 saturated carbocycles. The van der Waals surface area contributed by atoms with Gasteiger partial charge in [0.25, 0.3) is 5.56 Å². The molecule has 29 heavy (non-hydrogen) atoms. The van der Waals surface area contributed by atoms with Crippen molar-refractivity contribution in [3.63, 3.8) is 0 Å². The van der Waals surface area contributed by atoms with Gasteiger partial charge in [0.1, 0.15) is 0 Å². The van der Waals surface area contributed by atoms with E-state index in [0.29, 0.717) is 34.2 Å². The van der Waals surface area contributed by atoms with E-state index in [9.17, 15) is 4.79 Å². The number of fused-ring (bicyclic) bond motifs is 1. The summed E-state index contributed by atoms with van der Waals surface area (Å²) in [6, 6.07) is 11.2. The fraction of sp³-hybridized carbons (Fsp3) is 0.286. The summed E-state index contributed by atoms with van der Waals surface area (Å²) in [5.41, 5.74) is 1.54. The van der Waals surface area contributed by atoms with Crippen LogP contribution in [0, 0.1) is 0 Å². The first-order valence-corrected chi connectivity index (χ1v) is 10.6. The van der Waals surface area contributed by atoms with E-state index >= 15 is 0 Å². The number of pyridine rings is 1. The Kier molecular flexibility index (Phi) is 6.00. The molecule has 0 fully saturated rings. The van der Waals surface area contributed by atoms with Crippen LogP contribution < -0.4 is 5.56 Å². The Morgan fingerprint density at radius 1 is 1.14 bits per heavy atom. The number of hydrogen-bond donors (Lipinski definition) is 0. The molecule has 0 N–H and O–H groups in total. The lowest BCUT2D eigenvalue weighted by Crippen LogP contribution is -2.24. The quantitative estimate of drug-likeness (QED) is 0.324. The number of aryl methyl sites for hydroxylation is 1. The number of thioether (sulfide) groups is 1. The van der Waals surface area contributed by atoms with Crippen molar-refractivity contribution in [1.29, 1.82) is 0 Å². The largest absolute Gasteiger partial charge is 0.338 e. The summed E-state index contributed by atoms with van der Waals surface area (Å²) >= 11 is 1.42. The number of benzene rings is 1. The second-order valence-electron chi connectivity index (χ2n) is 6.66. The number of aromatic nitrogens is 5. The van der Waals surface area contributed by atoms with E-state index in [4.69, 9.17) is 9.51 Å². The Balaban J connectivity index is 1.64. The predicted octanol–water partition coefficient (Wildman–Crippen LogP) is 3.86. The Hall–Kier alpha value is -3.00. The molecule has 0 saturated heterocycles. The second kappa shape index (κ2) is 9.00. The van der Waals surface area contributed by atoms with E-state index in [2.05, 4.69) is 22.0 Å². The number of hydrogen-bond acceptors (Lipinski definition) is 7. The lowest BCUT2D eigenvalue weighted by Gasteiger charge is -2.12. The minimum Gasteiger partial charge on any atom is -0.338 e. The van der Waals surface area contributed by atoms with Gasteiger partial charge in [0, 0.05) is 18.8 Å². The maximum absolute atomic E-state index is 13.1. The molecule has 3 heterocycles. The molecule has 1 aromatic carbocycles. The lowest BCUT2D eigenvalue weighted by molar-refractivity contribution is 0.384. The van der Waals surface area contributed by atoms with Crippen molar-refractivity contribution >= 4 is 22.7 Å². The first kappa shape index (κ1) is 19.3. The van der Waals surface area contributed by atoms with Gasteiger partial charge in [0.05, 0.1) is 23.2 Å². The highest BCUT2D eigenvalue weighted by Gasteiger charge is 2.14. The van der Waals surface area contributed by atoms with Crippen LogP contribution in [0.15, 0.2) is 63.3 Å². The average molecular weight is 407 g/mol. The summed E-state index contributed by atoms with van der Waals surface area (Å²) in [5.74, 6) is 1.72. The Morgan fingerprint density at radius 3 is 2.86 bits per heavy atom. The van der Waals surface area contributed by atoms with Crippen LogP contribution in [0.5, 0.6) is 0 Å². The zero-order valence-electron chi connectivity index (χ0n) is 16.1. The standard InChI is InChI=1S/C21H21N5O2S/c1-2-3-10-18-24-19(28-25-18)14-29-21-23-17-9-5-4-8-16(17)20(27)26(21)13-15-7-6-11-22-12-15/h4-9,11-12H,2-3,10,13-14H2,1H3. The molecule has 4 rings (SSSR count). The monoisotopic (exact) mass is 407 g/mol. The Morgan fingerprint density at radius 2 is 2.03 bits per heavy atom. The Bertz CT molecular complexity index is 1160. The van der Waals surface area contributed by atoms with Crippen LogP contribution in [0.3, 0.4) is 0 Å². The van der Waals surface area contributed by atoms with E-state index in [1.165, 1.54) is 11.8 Å². The molecule has 0 aliphatic heterocycles. The van der Waals surface area contributed by atoms with Gasteiger partial charge in [-0.15, -0.1) is 0 Å². The van der Waals surface area contributed by atoms with Gasteiger partial charge in [-0.25, -0.2) is 4.98 Å². The van der Waals surface area contributed by atoms with E-state index < -0.39 is 0 Å². The zero-order valence-corrected chi connectivity index (χ0v) is 16.9. The molecule has 0 amide bonds. The maximum atomic E-state index is 13.1. The van der Waals surface area contributed by atoms with Crippen molar-refractivity contribution in [2.24, 2.45) is 0 Å². The van der Waals surface area contributed by atoms with Crippen molar-refractivity contribution in [3.8, 4) is 0 Å². The van der Waals surface area contributed by atoms with E-state index in [-0.39, 0.29) is 5.56 Å². The molecule has 8 heteroatoms. The molecular formula is C21H21N5O2S. The minimum absolute atomic E-state index is 0.0730. The van der Waals surface area contributed by atoms with E-state index in [1.54, 1.807) is 23.0 Å². The third-order valence-electron chi connectivity index (χ3n) is 4.48. The number of para-hydroxylation sites is 1. The molecule has 0 aliphatic rings. The second-order valence-corrected chi connectivity index (χ2v) is 7.60. The van der Waals surface area contributed by atoms with Crippen molar-refractivity contribution in [2.75, 3.05) is 0 Å². The van der Waals surface area contributed by atoms with Crippen LogP contribution in [0.1, 0.15) is 37.0 Å². The number of nitrogens with zero attached hydrogens (tertiary/aromatic N) is 5. The third-order valence-corrected chi connectivity index (χ3v) is 5.44. The molecule has 3 aromatic heterocycles. The van der Waals surface area contributed by atoms with Gasteiger partial charge in [-0.1, -0.05) is 48.5 Å². The van der Waals surface area contributed by atoms with Gasteiger partial charge >= 0.3 is 0 Å². The summed E-state index contributed by atoms with van der Waals surface area (Å²) in [5, 5.41) is 5.24. The van der Waals surface area contributed by atoms with Gasteiger partial charge in [0.2, 0.25) is 5.89 Å². The topological polar surface area (TPSA) is 86.7 Å². The zero-order chi connectivity index (χ0) is 20.1. The number of rotatable bonds is 8. The molecule has 0 bridgehead atoms. The average Bonchev–Trinajstić information content (AvgIpc) is 3.21. The van der Waals surface area contributed by atoms with Crippen LogP contribution >= 0.6 is 11.8 Å². The van der Waals surface area contributed by atoms with Crippen molar-refractivity contribution in [1.82, 2.24) is 24.7 Å². The van der Waals surface area contributed by atoms with Crippen LogP contribution in [0.2, 0.25) is 0 Å². The first-order valence-electron chi connectivity index (χ1n) is 9.57. The highest BCUT2D eigenvalue weighted by molar-refractivity contribution is 7.98. The summed E-state index contributed by atoms with van der Waals surface area (Å²) in [4.78, 5) is 26.4. The summed E-state index contributed by atoms with van der Waals surface area (Å²) in [6.07, 6.45) is 6.40. The highest BCUT2D eigenvalue weighted by Crippen LogP contribution is 2.22. The molecule has 0 aliphatic carbocycles. The van der Waals surface area contributed by atoms with Gasteiger partial charge < -0.3 is 4.52 Å². The molecular weight excluding hydrogens is 386 g/mol. The maximum Gasteiger partial charge on any atom is 0.262 e. The van der Waals surface area contributed by atoms with Gasteiger partial charge in [0.15, 0.2) is 11.0 Å². The lowest BCUT2D eigenvalue weighted by atomic mass is 10.2. The highest BCUT2D eigenvalue weighted by atomic mass is 32.2. The first-order chi connectivity index (χ1) is 14.2. The van der Waals surface area contributed by atoms with Gasteiger partial charge in [-0.3, -0.25) is 14.3 Å². The molecule has 148 valence electrons. The van der Waals surface area contributed by atoms with Gasteiger partial charge in [-0.05, 0) is 30.2 Å². The van der Waals surface area contributed by atoms with E-state index in [1.807, 2.05) is 30.3 Å². The van der Waals surface area contributed by atoms with Crippen LogP contribution in [0.4, 0.5) is 0 Å². The molecule has 0 radical (unpaired) electrons. The number of unbranched alkanes of at least 4 members (excludes halogenated alkanes) is 1. The predicted molar refractivity (Wildman–Crippen MR) is 112 cm³/mol. The smallest absolute Gasteiger partial charge is 0.262 e. The molecule has 4 aromatic rings.